The summed E-state index contributed by atoms with van der Waals surface area (Å²) in [6.45, 7) is 3.02. The molecule has 1 aromatic heterocycles. The monoisotopic (exact) mass is 317 g/mol. The van der Waals surface area contributed by atoms with Crippen molar-refractivity contribution in [1.82, 2.24) is 9.78 Å². The highest BCUT2D eigenvalue weighted by Crippen LogP contribution is 2.32. The Morgan fingerprint density at radius 1 is 1.48 bits per heavy atom. The minimum atomic E-state index is -0.374. The van der Waals surface area contributed by atoms with Gasteiger partial charge in [0.2, 0.25) is 5.91 Å². The lowest BCUT2D eigenvalue weighted by Gasteiger charge is -2.12. The van der Waals surface area contributed by atoms with Crippen molar-refractivity contribution < 1.29 is 13.9 Å². The number of benzene rings is 1. The van der Waals surface area contributed by atoms with Gasteiger partial charge in [0.05, 0.1) is 18.5 Å². The van der Waals surface area contributed by atoms with Gasteiger partial charge >= 0.3 is 0 Å². The van der Waals surface area contributed by atoms with Crippen LogP contribution >= 0.6 is 0 Å². The average molecular weight is 317 g/mol. The number of carbonyl (C=O) groups is 1. The van der Waals surface area contributed by atoms with Gasteiger partial charge in [0.25, 0.3) is 0 Å². The number of hydrogen-bond donors (Lipinski definition) is 1. The SMILES string of the molecule is Cc1cnn(CCC(=O)Nc2ccc(F)cc2OCC2CC2)c1. The molecule has 1 aromatic carbocycles. The van der Waals surface area contributed by atoms with Crippen molar-refractivity contribution in [2.24, 2.45) is 5.92 Å². The standard InChI is InChI=1S/C17H20FN3O2/c1-12-9-19-21(10-12)7-6-17(22)20-15-5-4-14(18)8-16(15)23-11-13-2-3-13/h4-5,8-10,13H,2-3,6-7,11H2,1H3,(H,20,22). The van der Waals surface area contributed by atoms with Gasteiger partial charge in [0.1, 0.15) is 11.6 Å². The number of hydrogen-bond acceptors (Lipinski definition) is 3. The molecule has 0 atom stereocenters. The molecule has 1 N–H and O–H groups in total. The van der Waals surface area contributed by atoms with Crippen LogP contribution in [0.5, 0.6) is 5.75 Å². The van der Waals surface area contributed by atoms with Crippen LogP contribution < -0.4 is 10.1 Å². The van der Waals surface area contributed by atoms with E-state index in [1.807, 2.05) is 13.1 Å². The molecular weight excluding hydrogens is 297 g/mol. The van der Waals surface area contributed by atoms with Crippen LogP contribution in [-0.4, -0.2) is 22.3 Å². The number of anilines is 1. The number of aromatic nitrogens is 2. The molecule has 0 unspecified atom stereocenters. The topological polar surface area (TPSA) is 56.2 Å². The number of carbonyl (C=O) groups excluding carboxylic acids is 1. The molecule has 1 aliphatic rings. The molecule has 0 radical (unpaired) electrons. The minimum absolute atomic E-state index is 0.152. The Hall–Kier alpha value is -2.37. The molecule has 0 saturated heterocycles. The summed E-state index contributed by atoms with van der Waals surface area (Å²) < 4.78 is 20.8. The summed E-state index contributed by atoms with van der Waals surface area (Å²) in [6, 6.07) is 4.17. The molecule has 122 valence electrons. The number of halogens is 1. The van der Waals surface area contributed by atoms with Gasteiger partial charge in [-0.05, 0) is 43.4 Å². The maximum absolute atomic E-state index is 13.4. The molecule has 1 saturated carbocycles. The zero-order valence-electron chi connectivity index (χ0n) is 13.1. The predicted molar refractivity (Wildman–Crippen MR) is 84.8 cm³/mol. The van der Waals surface area contributed by atoms with Crippen molar-refractivity contribution in [3.8, 4) is 5.75 Å². The lowest BCUT2D eigenvalue weighted by atomic mass is 10.2. The molecule has 1 fully saturated rings. The van der Waals surface area contributed by atoms with E-state index < -0.39 is 0 Å². The molecule has 6 heteroatoms. The number of nitrogens with one attached hydrogen (secondary N) is 1. The van der Waals surface area contributed by atoms with Gasteiger partial charge in [-0.15, -0.1) is 0 Å². The average Bonchev–Trinajstić information content (AvgIpc) is 3.26. The molecule has 1 heterocycles. The summed E-state index contributed by atoms with van der Waals surface area (Å²) >= 11 is 0. The summed E-state index contributed by atoms with van der Waals surface area (Å²) in [5.74, 6) is 0.423. The summed E-state index contributed by atoms with van der Waals surface area (Å²) in [6.07, 6.45) is 6.23. The van der Waals surface area contributed by atoms with E-state index in [0.717, 1.165) is 18.4 Å². The van der Waals surface area contributed by atoms with Crippen LogP contribution in [0, 0.1) is 18.7 Å². The summed E-state index contributed by atoms with van der Waals surface area (Å²) in [4.78, 5) is 12.1. The first-order chi connectivity index (χ1) is 11.1. The lowest BCUT2D eigenvalue weighted by Crippen LogP contribution is -2.15. The normalized spacial score (nSPS) is 13.8. The van der Waals surface area contributed by atoms with E-state index in [1.165, 1.54) is 18.2 Å². The number of ether oxygens (including phenoxy) is 1. The van der Waals surface area contributed by atoms with Crippen LogP contribution in [0.4, 0.5) is 10.1 Å². The van der Waals surface area contributed by atoms with E-state index in [0.29, 0.717) is 36.9 Å². The fraction of sp³-hybridized carbons (Fsp3) is 0.412. The van der Waals surface area contributed by atoms with E-state index in [9.17, 15) is 9.18 Å². The Morgan fingerprint density at radius 2 is 2.30 bits per heavy atom. The van der Waals surface area contributed by atoms with E-state index in [4.69, 9.17) is 4.74 Å². The third-order valence-electron chi connectivity index (χ3n) is 3.72. The third-order valence-corrected chi connectivity index (χ3v) is 3.72. The van der Waals surface area contributed by atoms with Crippen molar-refractivity contribution in [2.45, 2.75) is 32.7 Å². The Labute approximate surface area is 134 Å². The Bertz CT molecular complexity index is 695. The quantitative estimate of drug-likeness (QED) is 0.853. The zero-order valence-corrected chi connectivity index (χ0v) is 13.1. The first-order valence-corrected chi connectivity index (χ1v) is 7.81. The molecule has 1 amide bonds. The molecule has 23 heavy (non-hydrogen) atoms. The maximum atomic E-state index is 13.4. The smallest absolute Gasteiger partial charge is 0.226 e. The van der Waals surface area contributed by atoms with E-state index in [2.05, 4.69) is 10.4 Å². The van der Waals surface area contributed by atoms with Gasteiger partial charge in [0, 0.05) is 25.2 Å². The van der Waals surface area contributed by atoms with Crippen molar-refractivity contribution in [2.75, 3.05) is 11.9 Å². The molecule has 0 spiro atoms. The highest BCUT2D eigenvalue weighted by atomic mass is 19.1. The van der Waals surface area contributed by atoms with Gasteiger partial charge < -0.3 is 10.1 Å². The van der Waals surface area contributed by atoms with Gasteiger partial charge in [-0.3, -0.25) is 9.48 Å². The van der Waals surface area contributed by atoms with Gasteiger partial charge in [0.15, 0.2) is 0 Å². The first kappa shape index (κ1) is 15.5. The molecule has 5 nitrogen and oxygen atoms in total. The largest absolute Gasteiger partial charge is 0.491 e. The molecule has 0 bridgehead atoms. The Morgan fingerprint density at radius 3 is 3.00 bits per heavy atom. The number of aryl methyl sites for hydroxylation is 2. The van der Waals surface area contributed by atoms with Gasteiger partial charge in [-0.25, -0.2) is 4.39 Å². The van der Waals surface area contributed by atoms with Crippen LogP contribution in [0.3, 0.4) is 0 Å². The van der Waals surface area contributed by atoms with Crippen molar-refractivity contribution in [3.63, 3.8) is 0 Å². The summed E-state index contributed by atoms with van der Waals surface area (Å²) in [5, 5.41) is 6.93. The number of nitrogens with zero attached hydrogens (tertiary/aromatic N) is 2. The maximum Gasteiger partial charge on any atom is 0.226 e. The van der Waals surface area contributed by atoms with Crippen LogP contribution in [0.15, 0.2) is 30.6 Å². The predicted octanol–water partition coefficient (Wildman–Crippen LogP) is 3.15. The molecule has 1 aliphatic carbocycles. The molecular formula is C17H20FN3O2. The van der Waals surface area contributed by atoms with Gasteiger partial charge in [-0.1, -0.05) is 0 Å². The van der Waals surface area contributed by atoms with Crippen molar-refractivity contribution in [3.05, 3.63) is 42.0 Å². The van der Waals surface area contributed by atoms with Crippen molar-refractivity contribution in [1.29, 1.82) is 0 Å². The molecule has 2 aromatic rings. The van der Waals surface area contributed by atoms with E-state index >= 15 is 0 Å². The number of amides is 1. The first-order valence-electron chi connectivity index (χ1n) is 7.81. The van der Waals surface area contributed by atoms with Gasteiger partial charge in [-0.2, -0.15) is 5.10 Å². The third kappa shape index (κ3) is 4.55. The highest BCUT2D eigenvalue weighted by Gasteiger charge is 2.22. The van der Waals surface area contributed by atoms with Crippen LogP contribution in [0.25, 0.3) is 0 Å². The Balaban J connectivity index is 1.57. The second kappa shape index (κ2) is 6.81. The Kier molecular flexibility index (Phi) is 4.60. The summed E-state index contributed by atoms with van der Waals surface area (Å²) in [5.41, 5.74) is 1.56. The van der Waals surface area contributed by atoms with Crippen molar-refractivity contribution >= 4 is 11.6 Å². The summed E-state index contributed by atoms with van der Waals surface area (Å²) in [7, 11) is 0. The fourth-order valence-corrected chi connectivity index (χ4v) is 2.23. The fourth-order valence-electron chi connectivity index (χ4n) is 2.23. The lowest BCUT2D eigenvalue weighted by molar-refractivity contribution is -0.116. The molecule has 0 aliphatic heterocycles. The second-order valence-electron chi connectivity index (χ2n) is 5.97. The zero-order chi connectivity index (χ0) is 16.2. The highest BCUT2D eigenvalue weighted by molar-refractivity contribution is 5.92. The van der Waals surface area contributed by atoms with Crippen LogP contribution in [0.2, 0.25) is 0 Å². The van der Waals surface area contributed by atoms with E-state index in [-0.39, 0.29) is 11.7 Å². The minimum Gasteiger partial charge on any atom is -0.491 e. The van der Waals surface area contributed by atoms with Crippen LogP contribution in [0.1, 0.15) is 24.8 Å². The van der Waals surface area contributed by atoms with E-state index in [1.54, 1.807) is 10.9 Å². The van der Waals surface area contributed by atoms with Crippen LogP contribution in [-0.2, 0) is 11.3 Å². The number of rotatable bonds is 7. The second-order valence-corrected chi connectivity index (χ2v) is 5.97. The molecule has 3 rings (SSSR count).